The van der Waals surface area contributed by atoms with E-state index in [9.17, 15) is 4.79 Å². The maximum absolute atomic E-state index is 11.5. The minimum atomic E-state index is -0.0922. The van der Waals surface area contributed by atoms with Gasteiger partial charge in [-0.3, -0.25) is 4.79 Å². The van der Waals surface area contributed by atoms with Gasteiger partial charge in [0.25, 0.3) is 0 Å². The third-order valence-electron chi connectivity index (χ3n) is 4.69. The third-order valence-corrected chi connectivity index (χ3v) is 4.69. The predicted molar refractivity (Wildman–Crippen MR) is 100 cm³/mol. The Balaban J connectivity index is 1.53. The molecule has 1 aliphatic heterocycles. The zero-order valence-electron chi connectivity index (χ0n) is 14.6. The highest BCUT2D eigenvalue weighted by Crippen LogP contribution is 2.31. The second kappa shape index (κ2) is 8.16. The molecular weight excluding hydrogens is 316 g/mol. The van der Waals surface area contributed by atoms with Crippen LogP contribution in [0.15, 0.2) is 41.0 Å². The van der Waals surface area contributed by atoms with Gasteiger partial charge in [-0.05, 0) is 37.8 Å². The van der Waals surface area contributed by atoms with Crippen LogP contribution >= 0.6 is 0 Å². The first-order valence-electron chi connectivity index (χ1n) is 8.91. The summed E-state index contributed by atoms with van der Waals surface area (Å²) >= 11 is 0. The van der Waals surface area contributed by atoms with E-state index < -0.39 is 0 Å². The molecule has 1 aliphatic carbocycles. The minimum Gasteiger partial charge on any atom is -0.466 e. The fraction of sp³-hybridized carbons (Fsp3) is 0.474. The number of para-hydroxylation sites is 2. The third kappa shape index (κ3) is 4.39. The number of ether oxygens (including phenoxy) is 1. The Hall–Kier alpha value is -2.34. The lowest BCUT2D eigenvalue weighted by atomic mass is 9.78. The standard InChI is InChI=1S/C19H26N4O2/c1-2-25-19(24)9-13-7-15(8-13)21-11-14(10-20)18-12-22-16-5-3-4-6-17(16)23-18/h3-6,11,13,15,21-22H,2,7-10,12,20H2,1H3/b14-11+. The molecule has 0 radical (unpaired) electrons. The highest BCUT2D eigenvalue weighted by atomic mass is 16.5. The zero-order chi connectivity index (χ0) is 17.6. The second-order valence-corrected chi connectivity index (χ2v) is 6.51. The summed E-state index contributed by atoms with van der Waals surface area (Å²) in [5.74, 6) is 0.331. The van der Waals surface area contributed by atoms with Gasteiger partial charge in [-0.2, -0.15) is 0 Å². The second-order valence-electron chi connectivity index (χ2n) is 6.51. The van der Waals surface area contributed by atoms with Gasteiger partial charge in [-0.1, -0.05) is 12.1 Å². The molecule has 4 N–H and O–H groups in total. The van der Waals surface area contributed by atoms with Gasteiger partial charge < -0.3 is 21.1 Å². The van der Waals surface area contributed by atoms with Crippen LogP contribution in [0.2, 0.25) is 0 Å². The van der Waals surface area contributed by atoms with Crippen molar-refractivity contribution in [3.8, 4) is 0 Å². The molecule has 1 aromatic rings. The number of hydrogen-bond acceptors (Lipinski definition) is 6. The van der Waals surface area contributed by atoms with Crippen molar-refractivity contribution in [1.29, 1.82) is 0 Å². The number of aliphatic imine (C=N–C) groups is 1. The first-order chi connectivity index (χ1) is 12.2. The molecule has 134 valence electrons. The number of nitrogens with two attached hydrogens (primary N) is 1. The molecular formula is C19H26N4O2. The smallest absolute Gasteiger partial charge is 0.306 e. The summed E-state index contributed by atoms with van der Waals surface area (Å²) in [6, 6.07) is 8.39. The number of nitrogens with one attached hydrogen (secondary N) is 2. The fourth-order valence-corrected chi connectivity index (χ4v) is 3.24. The largest absolute Gasteiger partial charge is 0.466 e. The quantitative estimate of drug-likeness (QED) is 0.662. The van der Waals surface area contributed by atoms with Crippen molar-refractivity contribution in [2.24, 2.45) is 16.6 Å². The van der Waals surface area contributed by atoms with Gasteiger partial charge in [0.05, 0.1) is 30.2 Å². The number of benzene rings is 1. The number of rotatable bonds is 7. The van der Waals surface area contributed by atoms with E-state index >= 15 is 0 Å². The predicted octanol–water partition coefficient (Wildman–Crippen LogP) is 2.35. The summed E-state index contributed by atoms with van der Waals surface area (Å²) in [7, 11) is 0. The Morgan fingerprint density at radius 2 is 2.24 bits per heavy atom. The van der Waals surface area contributed by atoms with Gasteiger partial charge >= 0.3 is 5.97 Å². The van der Waals surface area contributed by atoms with Crippen LogP contribution in [-0.4, -0.2) is 37.4 Å². The van der Waals surface area contributed by atoms with Crippen molar-refractivity contribution >= 4 is 23.1 Å². The molecule has 3 rings (SSSR count). The molecule has 0 bridgehead atoms. The van der Waals surface area contributed by atoms with Crippen LogP contribution in [0.25, 0.3) is 0 Å². The molecule has 2 aliphatic rings. The first kappa shape index (κ1) is 17.5. The van der Waals surface area contributed by atoms with Crippen molar-refractivity contribution in [3.63, 3.8) is 0 Å². The van der Waals surface area contributed by atoms with Crippen LogP contribution in [0.5, 0.6) is 0 Å². The maximum Gasteiger partial charge on any atom is 0.306 e. The van der Waals surface area contributed by atoms with Gasteiger partial charge in [0.15, 0.2) is 0 Å². The maximum atomic E-state index is 11.5. The van der Waals surface area contributed by atoms with Crippen LogP contribution in [0.3, 0.4) is 0 Å². The molecule has 0 amide bonds. The summed E-state index contributed by atoms with van der Waals surface area (Å²) in [4.78, 5) is 16.2. The Kier molecular flexibility index (Phi) is 5.71. The molecule has 1 fully saturated rings. The van der Waals surface area contributed by atoms with Crippen LogP contribution in [0.4, 0.5) is 11.4 Å². The monoisotopic (exact) mass is 342 g/mol. The van der Waals surface area contributed by atoms with Crippen molar-refractivity contribution < 1.29 is 9.53 Å². The molecule has 0 saturated heterocycles. The number of nitrogens with zero attached hydrogens (tertiary/aromatic N) is 1. The van der Waals surface area contributed by atoms with E-state index in [4.69, 9.17) is 15.5 Å². The van der Waals surface area contributed by atoms with Crippen molar-refractivity contribution in [3.05, 3.63) is 36.0 Å². The first-order valence-corrected chi connectivity index (χ1v) is 8.91. The van der Waals surface area contributed by atoms with E-state index in [0.717, 1.165) is 35.5 Å². The average Bonchev–Trinajstić information content (AvgIpc) is 2.59. The number of carbonyl (C=O) groups is 1. The fourth-order valence-electron chi connectivity index (χ4n) is 3.24. The molecule has 25 heavy (non-hydrogen) atoms. The van der Waals surface area contributed by atoms with Gasteiger partial charge in [0.1, 0.15) is 0 Å². The molecule has 0 spiro atoms. The van der Waals surface area contributed by atoms with E-state index in [1.807, 2.05) is 37.4 Å². The lowest BCUT2D eigenvalue weighted by Gasteiger charge is -2.35. The summed E-state index contributed by atoms with van der Waals surface area (Å²) in [6.07, 6.45) is 4.48. The van der Waals surface area contributed by atoms with Crippen LogP contribution in [0, 0.1) is 5.92 Å². The SMILES string of the molecule is CCOC(=O)CC1CC(N/C=C(\CN)C2=Nc3ccccc3NC2)C1. The van der Waals surface area contributed by atoms with Gasteiger partial charge in [-0.15, -0.1) is 0 Å². The number of fused-ring (bicyclic) bond motifs is 1. The summed E-state index contributed by atoms with van der Waals surface area (Å²) in [6.45, 7) is 3.41. The van der Waals surface area contributed by atoms with E-state index in [2.05, 4.69) is 10.6 Å². The summed E-state index contributed by atoms with van der Waals surface area (Å²) < 4.78 is 5.00. The molecule has 0 atom stereocenters. The number of hydrogen-bond donors (Lipinski definition) is 3. The number of anilines is 1. The Morgan fingerprint density at radius 3 is 3.00 bits per heavy atom. The van der Waals surface area contributed by atoms with Crippen LogP contribution < -0.4 is 16.4 Å². The lowest BCUT2D eigenvalue weighted by molar-refractivity contribution is -0.145. The molecule has 1 aromatic carbocycles. The highest BCUT2D eigenvalue weighted by molar-refractivity contribution is 6.07. The van der Waals surface area contributed by atoms with E-state index in [1.165, 1.54) is 0 Å². The van der Waals surface area contributed by atoms with Crippen LogP contribution in [-0.2, 0) is 9.53 Å². The molecule has 6 heteroatoms. The Labute approximate surface area is 148 Å². The number of carbonyl (C=O) groups excluding carboxylic acids is 1. The molecule has 0 aromatic heterocycles. The van der Waals surface area contributed by atoms with E-state index in [-0.39, 0.29) is 5.97 Å². The topological polar surface area (TPSA) is 88.7 Å². The average molecular weight is 342 g/mol. The normalized spacial score (nSPS) is 22.2. The minimum absolute atomic E-state index is 0.0922. The summed E-state index contributed by atoms with van der Waals surface area (Å²) in [5.41, 5.74) is 9.89. The lowest BCUT2D eigenvalue weighted by Crippen LogP contribution is -2.40. The molecule has 1 saturated carbocycles. The van der Waals surface area contributed by atoms with Crippen molar-refractivity contribution in [2.45, 2.75) is 32.2 Å². The molecule has 6 nitrogen and oxygen atoms in total. The van der Waals surface area contributed by atoms with Gasteiger partial charge in [0.2, 0.25) is 0 Å². The van der Waals surface area contributed by atoms with E-state index in [0.29, 0.717) is 38.1 Å². The molecule has 1 heterocycles. The zero-order valence-corrected chi connectivity index (χ0v) is 14.6. The van der Waals surface area contributed by atoms with Crippen LogP contribution in [0.1, 0.15) is 26.2 Å². The van der Waals surface area contributed by atoms with Crippen molar-refractivity contribution in [2.75, 3.05) is 25.0 Å². The Morgan fingerprint density at radius 1 is 1.44 bits per heavy atom. The highest BCUT2D eigenvalue weighted by Gasteiger charge is 2.30. The van der Waals surface area contributed by atoms with Gasteiger partial charge in [-0.25, -0.2) is 4.99 Å². The van der Waals surface area contributed by atoms with E-state index in [1.54, 1.807) is 0 Å². The molecule has 0 unspecified atom stereocenters. The Bertz CT molecular complexity index is 678. The van der Waals surface area contributed by atoms with Gasteiger partial charge in [0, 0.05) is 30.8 Å². The summed E-state index contributed by atoms with van der Waals surface area (Å²) in [5, 5.41) is 6.80. The van der Waals surface area contributed by atoms with Crippen molar-refractivity contribution in [1.82, 2.24) is 5.32 Å². The number of esters is 1.